The van der Waals surface area contributed by atoms with E-state index in [0.717, 1.165) is 25.9 Å². The van der Waals surface area contributed by atoms with Crippen LogP contribution in [-0.2, 0) is 4.79 Å². The molecule has 1 aliphatic heterocycles. The third-order valence-corrected chi connectivity index (χ3v) is 5.75. The number of nitrogens with zero attached hydrogens (tertiary/aromatic N) is 1. The van der Waals surface area contributed by atoms with Crippen molar-refractivity contribution >= 4 is 5.91 Å². The summed E-state index contributed by atoms with van der Waals surface area (Å²) in [7, 11) is 0. The number of hydrogen-bond acceptors (Lipinski definition) is 2. The molecule has 2 aliphatic rings. The molecule has 0 aromatic rings. The largest absolute Gasteiger partial charge is 0.351 e. The van der Waals surface area contributed by atoms with Crippen LogP contribution in [0.3, 0.4) is 0 Å². The predicted octanol–water partition coefficient (Wildman–Crippen LogP) is 3.97. The zero-order valence-electron chi connectivity index (χ0n) is 15.4. The van der Waals surface area contributed by atoms with Gasteiger partial charge in [0.25, 0.3) is 0 Å². The number of likely N-dealkylation sites (tertiary alicyclic amines) is 1. The molecule has 3 heteroatoms. The van der Waals surface area contributed by atoms with E-state index in [9.17, 15) is 4.79 Å². The second-order valence-electron chi connectivity index (χ2n) is 8.82. The summed E-state index contributed by atoms with van der Waals surface area (Å²) in [5.41, 5.74) is -0.243. The normalized spacial score (nSPS) is 24.5. The minimum Gasteiger partial charge on any atom is -0.351 e. The van der Waals surface area contributed by atoms with Gasteiger partial charge in [0, 0.05) is 11.6 Å². The summed E-state index contributed by atoms with van der Waals surface area (Å²) >= 11 is 0. The van der Waals surface area contributed by atoms with Crippen molar-refractivity contribution in [2.45, 2.75) is 91.1 Å². The highest BCUT2D eigenvalue weighted by molar-refractivity contribution is 5.83. The SMILES string of the molecule is CC(C)N1CCC(C(=O)NC(C)(C)C)(C2CCCCC2)CC1. The summed E-state index contributed by atoms with van der Waals surface area (Å²) in [6.45, 7) is 13.0. The number of nitrogens with one attached hydrogen (secondary N) is 1. The van der Waals surface area contributed by atoms with Gasteiger partial charge in [-0.15, -0.1) is 0 Å². The highest BCUT2D eigenvalue weighted by Gasteiger charge is 2.48. The van der Waals surface area contributed by atoms with Gasteiger partial charge < -0.3 is 10.2 Å². The van der Waals surface area contributed by atoms with E-state index in [2.05, 4.69) is 44.8 Å². The lowest BCUT2D eigenvalue weighted by molar-refractivity contribution is -0.141. The molecule has 22 heavy (non-hydrogen) atoms. The number of hydrogen-bond donors (Lipinski definition) is 1. The quantitative estimate of drug-likeness (QED) is 0.855. The van der Waals surface area contributed by atoms with Crippen LogP contribution in [0.1, 0.15) is 79.6 Å². The molecule has 0 aromatic heterocycles. The maximum absolute atomic E-state index is 13.2. The average molecular weight is 309 g/mol. The van der Waals surface area contributed by atoms with Crippen molar-refractivity contribution in [1.29, 1.82) is 0 Å². The average Bonchev–Trinajstić information content (AvgIpc) is 2.46. The molecular formula is C19H36N2O. The summed E-state index contributed by atoms with van der Waals surface area (Å²) in [6.07, 6.45) is 8.55. The second kappa shape index (κ2) is 6.90. The molecule has 1 saturated heterocycles. The molecule has 2 rings (SSSR count). The van der Waals surface area contributed by atoms with Crippen LogP contribution in [-0.4, -0.2) is 35.5 Å². The molecule has 0 bridgehead atoms. The second-order valence-corrected chi connectivity index (χ2v) is 8.82. The van der Waals surface area contributed by atoms with Gasteiger partial charge in [-0.2, -0.15) is 0 Å². The fourth-order valence-corrected chi connectivity index (χ4v) is 4.38. The van der Waals surface area contributed by atoms with Crippen LogP contribution >= 0.6 is 0 Å². The monoisotopic (exact) mass is 308 g/mol. The molecule has 128 valence electrons. The van der Waals surface area contributed by atoms with Crippen molar-refractivity contribution in [3.05, 3.63) is 0 Å². The molecule has 3 nitrogen and oxygen atoms in total. The molecule has 1 N–H and O–H groups in total. The standard InChI is InChI=1S/C19H36N2O/c1-15(2)21-13-11-19(12-14-21,16-9-7-6-8-10-16)17(22)20-18(3,4)5/h15-16H,6-14H2,1-5H3,(H,20,22). The fourth-order valence-electron chi connectivity index (χ4n) is 4.38. The van der Waals surface area contributed by atoms with Gasteiger partial charge in [0.1, 0.15) is 0 Å². The number of carbonyl (C=O) groups is 1. The number of piperidine rings is 1. The molecule has 0 spiro atoms. The first-order chi connectivity index (χ1) is 10.2. The van der Waals surface area contributed by atoms with E-state index in [-0.39, 0.29) is 11.0 Å². The lowest BCUT2D eigenvalue weighted by Gasteiger charge is -2.48. The van der Waals surface area contributed by atoms with Gasteiger partial charge in [-0.1, -0.05) is 19.3 Å². The lowest BCUT2D eigenvalue weighted by Crippen LogP contribution is -2.57. The van der Waals surface area contributed by atoms with Crippen molar-refractivity contribution in [1.82, 2.24) is 10.2 Å². The van der Waals surface area contributed by atoms with Gasteiger partial charge >= 0.3 is 0 Å². The van der Waals surface area contributed by atoms with E-state index in [1.54, 1.807) is 0 Å². The van der Waals surface area contributed by atoms with Gasteiger partial charge in [0.2, 0.25) is 5.91 Å². The van der Waals surface area contributed by atoms with Gasteiger partial charge in [0.05, 0.1) is 5.41 Å². The van der Waals surface area contributed by atoms with Crippen LogP contribution in [0.5, 0.6) is 0 Å². The van der Waals surface area contributed by atoms with Gasteiger partial charge in [-0.3, -0.25) is 4.79 Å². The Balaban J connectivity index is 2.16. The topological polar surface area (TPSA) is 32.3 Å². The third kappa shape index (κ3) is 4.04. The number of rotatable bonds is 3. The maximum atomic E-state index is 13.2. The molecule has 1 aliphatic carbocycles. The summed E-state index contributed by atoms with van der Waals surface area (Å²) in [5, 5.41) is 3.31. The highest BCUT2D eigenvalue weighted by Crippen LogP contribution is 2.46. The Bertz CT molecular complexity index is 369. The van der Waals surface area contributed by atoms with Crippen LogP contribution in [0.2, 0.25) is 0 Å². The Kier molecular flexibility index (Phi) is 5.58. The van der Waals surface area contributed by atoms with E-state index in [4.69, 9.17) is 0 Å². The van der Waals surface area contributed by atoms with Crippen LogP contribution in [0, 0.1) is 11.3 Å². The lowest BCUT2D eigenvalue weighted by atomic mass is 9.63. The van der Waals surface area contributed by atoms with E-state index in [1.165, 1.54) is 32.1 Å². The molecule has 1 amide bonds. The van der Waals surface area contributed by atoms with Crippen LogP contribution in [0.4, 0.5) is 0 Å². The zero-order valence-corrected chi connectivity index (χ0v) is 15.4. The Morgan fingerprint density at radius 1 is 1.09 bits per heavy atom. The Labute approximate surface area is 137 Å². The predicted molar refractivity (Wildman–Crippen MR) is 92.8 cm³/mol. The minimum atomic E-state index is -0.131. The first-order valence-corrected chi connectivity index (χ1v) is 9.31. The van der Waals surface area contributed by atoms with Gasteiger partial charge in [-0.05, 0) is 79.3 Å². The van der Waals surface area contributed by atoms with Crippen molar-refractivity contribution in [3.63, 3.8) is 0 Å². The minimum absolute atomic E-state index is 0.112. The van der Waals surface area contributed by atoms with Gasteiger partial charge in [-0.25, -0.2) is 0 Å². The molecule has 0 radical (unpaired) electrons. The third-order valence-electron chi connectivity index (χ3n) is 5.75. The summed E-state index contributed by atoms with van der Waals surface area (Å²) in [6, 6.07) is 0.593. The first kappa shape index (κ1) is 17.8. The Morgan fingerprint density at radius 2 is 1.64 bits per heavy atom. The van der Waals surface area contributed by atoms with Crippen molar-refractivity contribution in [3.8, 4) is 0 Å². The van der Waals surface area contributed by atoms with Crippen LogP contribution < -0.4 is 5.32 Å². The van der Waals surface area contributed by atoms with Crippen LogP contribution in [0.25, 0.3) is 0 Å². The van der Waals surface area contributed by atoms with Crippen molar-refractivity contribution in [2.75, 3.05) is 13.1 Å². The highest BCUT2D eigenvalue weighted by atomic mass is 16.2. The molecule has 0 aromatic carbocycles. The van der Waals surface area contributed by atoms with E-state index in [1.807, 2.05) is 0 Å². The zero-order chi connectivity index (χ0) is 16.4. The molecule has 0 atom stereocenters. The van der Waals surface area contributed by atoms with E-state index in [0.29, 0.717) is 17.9 Å². The smallest absolute Gasteiger partial charge is 0.226 e. The molecule has 1 saturated carbocycles. The van der Waals surface area contributed by atoms with Crippen molar-refractivity contribution < 1.29 is 4.79 Å². The van der Waals surface area contributed by atoms with E-state index < -0.39 is 0 Å². The van der Waals surface area contributed by atoms with E-state index >= 15 is 0 Å². The fraction of sp³-hybridized carbons (Fsp3) is 0.947. The Morgan fingerprint density at radius 3 is 2.09 bits per heavy atom. The maximum Gasteiger partial charge on any atom is 0.226 e. The summed E-state index contributed by atoms with van der Waals surface area (Å²) < 4.78 is 0. The Hall–Kier alpha value is -0.570. The first-order valence-electron chi connectivity index (χ1n) is 9.31. The van der Waals surface area contributed by atoms with Crippen LogP contribution in [0.15, 0.2) is 0 Å². The molecule has 2 fully saturated rings. The number of amides is 1. The summed E-state index contributed by atoms with van der Waals surface area (Å²) in [5.74, 6) is 0.924. The number of carbonyl (C=O) groups excluding carboxylic acids is 1. The van der Waals surface area contributed by atoms with Crippen molar-refractivity contribution in [2.24, 2.45) is 11.3 Å². The van der Waals surface area contributed by atoms with Gasteiger partial charge in [0.15, 0.2) is 0 Å². The molecule has 0 unspecified atom stereocenters. The molecule has 1 heterocycles. The molecular weight excluding hydrogens is 272 g/mol. The summed E-state index contributed by atoms with van der Waals surface area (Å²) in [4.78, 5) is 15.7.